The number of ether oxygens (including phenoxy) is 2. The van der Waals surface area contributed by atoms with Gasteiger partial charge in [0.25, 0.3) is 0 Å². The average molecular weight is 352 g/mol. The highest BCUT2D eigenvalue weighted by atomic mass is 32.2. The van der Waals surface area contributed by atoms with Gasteiger partial charge in [0.1, 0.15) is 0 Å². The molecule has 0 heterocycles. The Kier molecular flexibility index (Phi) is 6.03. The highest BCUT2D eigenvalue weighted by Crippen LogP contribution is 2.32. The van der Waals surface area contributed by atoms with Crippen LogP contribution >= 0.6 is 0 Å². The molecule has 10 heteroatoms. The standard InChI is InChI=1S/C12H20N2O6S2/c1-19-11-6-5-10(9-12(11)20-2)14(22(4,17)18)8-7-13-21(3,15)16/h5-6,9,13H,7-8H2,1-4H3. The van der Waals surface area contributed by atoms with Gasteiger partial charge in [0.15, 0.2) is 11.5 Å². The summed E-state index contributed by atoms with van der Waals surface area (Å²) in [5.41, 5.74) is 0.357. The van der Waals surface area contributed by atoms with Crippen molar-refractivity contribution >= 4 is 25.7 Å². The maximum Gasteiger partial charge on any atom is 0.232 e. The van der Waals surface area contributed by atoms with Crippen molar-refractivity contribution in [3.63, 3.8) is 0 Å². The summed E-state index contributed by atoms with van der Waals surface area (Å²) >= 11 is 0. The second-order valence-electron chi connectivity index (χ2n) is 4.54. The molecule has 0 aliphatic rings. The Morgan fingerprint density at radius 3 is 2.09 bits per heavy atom. The largest absolute Gasteiger partial charge is 0.493 e. The summed E-state index contributed by atoms with van der Waals surface area (Å²) in [5, 5.41) is 0. The van der Waals surface area contributed by atoms with Crippen LogP contribution in [0.3, 0.4) is 0 Å². The third-order valence-electron chi connectivity index (χ3n) is 2.73. The normalized spacial score (nSPS) is 12.0. The molecule has 0 spiro atoms. The van der Waals surface area contributed by atoms with Crippen molar-refractivity contribution in [1.29, 1.82) is 0 Å². The minimum atomic E-state index is -3.58. The summed E-state index contributed by atoms with van der Waals surface area (Å²) in [6.45, 7) is -0.0817. The lowest BCUT2D eigenvalue weighted by atomic mass is 10.2. The first-order valence-corrected chi connectivity index (χ1v) is 9.97. The van der Waals surface area contributed by atoms with Crippen molar-refractivity contribution < 1.29 is 26.3 Å². The van der Waals surface area contributed by atoms with Gasteiger partial charge in [0.2, 0.25) is 20.0 Å². The van der Waals surface area contributed by atoms with Gasteiger partial charge in [0, 0.05) is 19.2 Å². The van der Waals surface area contributed by atoms with E-state index in [0.717, 1.165) is 16.8 Å². The van der Waals surface area contributed by atoms with Crippen molar-refractivity contribution in [3.8, 4) is 11.5 Å². The maximum absolute atomic E-state index is 11.9. The van der Waals surface area contributed by atoms with Gasteiger partial charge >= 0.3 is 0 Å². The van der Waals surface area contributed by atoms with Crippen LogP contribution in [0.4, 0.5) is 5.69 Å². The van der Waals surface area contributed by atoms with Gasteiger partial charge in [-0.1, -0.05) is 0 Å². The van der Waals surface area contributed by atoms with E-state index < -0.39 is 20.0 Å². The fraction of sp³-hybridized carbons (Fsp3) is 0.500. The van der Waals surface area contributed by atoms with Gasteiger partial charge in [0.05, 0.1) is 32.4 Å². The molecule has 126 valence electrons. The second kappa shape index (κ2) is 7.16. The zero-order valence-corrected chi connectivity index (χ0v) is 14.5. The predicted molar refractivity (Wildman–Crippen MR) is 84.6 cm³/mol. The van der Waals surface area contributed by atoms with E-state index >= 15 is 0 Å². The molecule has 1 N–H and O–H groups in total. The Hall–Kier alpha value is -1.52. The van der Waals surface area contributed by atoms with E-state index in [4.69, 9.17) is 9.47 Å². The number of methoxy groups -OCH3 is 2. The van der Waals surface area contributed by atoms with Crippen LogP contribution in [0.5, 0.6) is 11.5 Å². The van der Waals surface area contributed by atoms with Crippen molar-refractivity contribution in [2.75, 3.05) is 44.1 Å². The lowest BCUT2D eigenvalue weighted by Gasteiger charge is -2.23. The van der Waals surface area contributed by atoms with E-state index in [1.54, 1.807) is 12.1 Å². The Balaban J connectivity index is 3.08. The summed E-state index contributed by atoms with van der Waals surface area (Å²) in [6, 6.07) is 4.65. The first-order valence-electron chi connectivity index (χ1n) is 6.23. The van der Waals surface area contributed by atoms with Gasteiger partial charge in [-0.05, 0) is 12.1 Å². The maximum atomic E-state index is 11.9. The number of hydrogen-bond donors (Lipinski definition) is 1. The molecule has 1 aromatic rings. The quantitative estimate of drug-likeness (QED) is 0.708. The summed E-state index contributed by atoms with van der Waals surface area (Å²) in [5.74, 6) is 0.846. The summed E-state index contributed by atoms with van der Waals surface area (Å²) in [6.07, 6.45) is 2.05. The molecule has 0 aliphatic heterocycles. The van der Waals surface area contributed by atoms with Crippen LogP contribution in [0.25, 0.3) is 0 Å². The lowest BCUT2D eigenvalue weighted by Crippen LogP contribution is -2.37. The Morgan fingerprint density at radius 2 is 1.64 bits per heavy atom. The molecule has 0 saturated carbocycles. The third kappa shape index (κ3) is 5.35. The Labute approximate surface area is 131 Å². The monoisotopic (exact) mass is 352 g/mol. The van der Waals surface area contributed by atoms with E-state index in [9.17, 15) is 16.8 Å². The third-order valence-corrected chi connectivity index (χ3v) is 4.66. The number of hydrogen-bond acceptors (Lipinski definition) is 6. The van der Waals surface area contributed by atoms with Crippen LogP contribution in [0, 0.1) is 0 Å². The molecule has 0 aliphatic carbocycles. The zero-order chi connectivity index (χ0) is 17.0. The Bertz CT molecular complexity index is 715. The number of anilines is 1. The van der Waals surface area contributed by atoms with E-state index in [2.05, 4.69) is 4.72 Å². The molecule has 0 radical (unpaired) electrons. The molecule has 0 saturated heterocycles. The molecule has 22 heavy (non-hydrogen) atoms. The molecule has 0 fully saturated rings. The van der Waals surface area contributed by atoms with E-state index in [1.165, 1.54) is 20.3 Å². The SMILES string of the molecule is COc1ccc(N(CCNS(C)(=O)=O)S(C)(=O)=O)cc1OC. The van der Waals surface area contributed by atoms with E-state index in [-0.39, 0.29) is 13.1 Å². The number of benzene rings is 1. The molecule has 1 aromatic carbocycles. The lowest BCUT2D eigenvalue weighted by molar-refractivity contribution is 0.355. The fourth-order valence-corrected chi connectivity index (χ4v) is 3.18. The molecule has 0 atom stereocenters. The molecular weight excluding hydrogens is 332 g/mol. The van der Waals surface area contributed by atoms with Gasteiger partial charge in [-0.3, -0.25) is 4.31 Å². The zero-order valence-electron chi connectivity index (χ0n) is 12.9. The number of nitrogens with one attached hydrogen (secondary N) is 1. The van der Waals surface area contributed by atoms with Crippen LogP contribution in [-0.2, 0) is 20.0 Å². The highest BCUT2D eigenvalue weighted by molar-refractivity contribution is 7.92. The first-order chi connectivity index (χ1) is 10.1. The van der Waals surface area contributed by atoms with Gasteiger partial charge < -0.3 is 9.47 Å². The molecule has 8 nitrogen and oxygen atoms in total. The van der Waals surface area contributed by atoms with E-state index in [1.807, 2.05) is 0 Å². The first kappa shape index (κ1) is 18.5. The molecule has 0 amide bonds. The number of nitrogens with zero attached hydrogens (tertiary/aromatic N) is 1. The molecular formula is C12H20N2O6S2. The summed E-state index contributed by atoms with van der Waals surface area (Å²) in [7, 11) is -4.05. The van der Waals surface area contributed by atoms with Gasteiger partial charge in [-0.2, -0.15) is 0 Å². The number of rotatable bonds is 8. The smallest absolute Gasteiger partial charge is 0.232 e. The fourth-order valence-electron chi connectivity index (χ4n) is 1.80. The highest BCUT2D eigenvalue weighted by Gasteiger charge is 2.19. The molecule has 0 aromatic heterocycles. The van der Waals surface area contributed by atoms with Crippen LogP contribution in [-0.4, -0.2) is 56.7 Å². The van der Waals surface area contributed by atoms with Crippen molar-refractivity contribution in [3.05, 3.63) is 18.2 Å². The van der Waals surface area contributed by atoms with Crippen LogP contribution in [0.1, 0.15) is 0 Å². The molecule has 0 bridgehead atoms. The van der Waals surface area contributed by atoms with E-state index in [0.29, 0.717) is 17.2 Å². The Morgan fingerprint density at radius 1 is 1.05 bits per heavy atom. The van der Waals surface area contributed by atoms with Crippen molar-refractivity contribution in [1.82, 2.24) is 4.72 Å². The van der Waals surface area contributed by atoms with Gasteiger partial charge in [-0.25, -0.2) is 21.6 Å². The van der Waals surface area contributed by atoms with Crippen molar-refractivity contribution in [2.24, 2.45) is 0 Å². The van der Waals surface area contributed by atoms with Crippen LogP contribution in [0.15, 0.2) is 18.2 Å². The molecule has 0 unspecified atom stereocenters. The van der Waals surface area contributed by atoms with Gasteiger partial charge in [-0.15, -0.1) is 0 Å². The predicted octanol–water partition coefficient (Wildman–Crippen LogP) is 0.0190. The van der Waals surface area contributed by atoms with Crippen LogP contribution in [0.2, 0.25) is 0 Å². The van der Waals surface area contributed by atoms with Crippen molar-refractivity contribution in [2.45, 2.75) is 0 Å². The summed E-state index contributed by atoms with van der Waals surface area (Å²) in [4.78, 5) is 0. The topological polar surface area (TPSA) is 102 Å². The average Bonchev–Trinajstić information content (AvgIpc) is 2.40. The molecule has 1 rings (SSSR count). The van der Waals surface area contributed by atoms with Crippen LogP contribution < -0.4 is 18.5 Å². The minimum absolute atomic E-state index is 0.0403. The summed E-state index contributed by atoms with van der Waals surface area (Å²) < 4.78 is 59.6. The second-order valence-corrected chi connectivity index (χ2v) is 8.28. The number of sulfonamides is 2. The minimum Gasteiger partial charge on any atom is -0.493 e.